The smallest absolute Gasteiger partial charge is 0.0931 e. The lowest BCUT2D eigenvalue weighted by Crippen LogP contribution is -2.16. The number of rotatable bonds is 4. The number of nitrogens with zero attached hydrogens (tertiary/aromatic N) is 2. The number of pyridine rings is 1. The number of aryl methyl sites for hydroxylation is 1. The van der Waals surface area contributed by atoms with Gasteiger partial charge in [-0.25, -0.2) is 0 Å². The van der Waals surface area contributed by atoms with Gasteiger partial charge in [-0.3, -0.25) is 4.98 Å². The van der Waals surface area contributed by atoms with Crippen molar-refractivity contribution in [3.63, 3.8) is 0 Å². The highest BCUT2D eigenvalue weighted by molar-refractivity contribution is 5.63. The Labute approximate surface area is 114 Å². The van der Waals surface area contributed by atoms with E-state index in [1.807, 2.05) is 18.3 Å². The number of benzene rings is 1. The fourth-order valence-corrected chi connectivity index (χ4v) is 2.11. The minimum absolute atomic E-state index is 0.525. The van der Waals surface area contributed by atoms with E-state index in [0.29, 0.717) is 5.69 Å². The second-order valence-corrected chi connectivity index (χ2v) is 4.70. The summed E-state index contributed by atoms with van der Waals surface area (Å²) < 4.78 is 0. The van der Waals surface area contributed by atoms with Crippen molar-refractivity contribution in [2.45, 2.75) is 26.9 Å². The van der Waals surface area contributed by atoms with Gasteiger partial charge in [0.25, 0.3) is 0 Å². The molecule has 100 valence electrons. The Hall–Kier alpha value is -1.87. The first-order valence-electron chi connectivity index (χ1n) is 6.60. The highest BCUT2D eigenvalue weighted by Crippen LogP contribution is 2.25. The molecule has 19 heavy (non-hydrogen) atoms. The number of aliphatic hydroxyl groups excluding tert-OH is 1. The molecule has 0 aliphatic heterocycles. The highest BCUT2D eigenvalue weighted by Gasteiger charge is 2.09. The first-order chi connectivity index (χ1) is 9.11. The summed E-state index contributed by atoms with van der Waals surface area (Å²) in [6, 6.07) is 12.3. The molecule has 2 rings (SSSR count). The van der Waals surface area contributed by atoms with E-state index < -0.39 is 6.10 Å². The Morgan fingerprint density at radius 1 is 1.21 bits per heavy atom. The average molecular weight is 256 g/mol. The number of aromatic nitrogens is 1. The summed E-state index contributed by atoms with van der Waals surface area (Å²) >= 11 is 0. The monoisotopic (exact) mass is 256 g/mol. The van der Waals surface area contributed by atoms with E-state index in [2.05, 4.69) is 48.0 Å². The molecule has 2 aromatic rings. The molecule has 1 N–H and O–H groups in total. The van der Waals surface area contributed by atoms with Crippen LogP contribution in [0, 0.1) is 6.92 Å². The fraction of sp³-hybridized carbons (Fsp3) is 0.312. The molecule has 0 amide bonds. The molecular weight excluding hydrogens is 236 g/mol. The maximum Gasteiger partial charge on any atom is 0.0931 e. The molecule has 1 aromatic heterocycles. The van der Waals surface area contributed by atoms with Gasteiger partial charge < -0.3 is 10.0 Å². The van der Waals surface area contributed by atoms with Crippen molar-refractivity contribution < 1.29 is 5.11 Å². The van der Waals surface area contributed by atoms with Gasteiger partial charge in [0, 0.05) is 12.2 Å². The van der Waals surface area contributed by atoms with Crippen LogP contribution in [0.1, 0.15) is 31.2 Å². The maximum absolute atomic E-state index is 9.49. The molecule has 0 aliphatic carbocycles. The summed E-state index contributed by atoms with van der Waals surface area (Å²) in [5, 5.41) is 9.49. The van der Waals surface area contributed by atoms with Gasteiger partial charge in [0.2, 0.25) is 0 Å². The number of anilines is 2. The van der Waals surface area contributed by atoms with Gasteiger partial charge in [0.05, 0.1) is 23.7 Å². The third-order valence-corrected chi connectivity index (χ3v) is 3.14. The first-order valence-corrected chi connectivity index (χ1v) is 6.60. The molecule has 1 unspecified atom stereocenters. The summed E-state index contributed by atoms with van der Waals surface area (Å²) in [6.07, 6.45) is 1.29. The quantitative estimate of drug-likeness (QED) is 0.908. The third-order valence-electron chi connectivity index (χ3n) is 3.14. The largest absolute Gasteiger partial charge is 0.387 e. The van der Waals surface area contributed by atoms with E-state index in [9.17, 15) is 5.11 Å². The molecule has 3 heteroatoms. The minimum Gasteiger partial charge on any atom is -0.387 e. The van der Waals surface area contributed by atoms with Crippen LogP contribution in [-0.4, -0.2) is 16.6 Å². The van der Waals surface area contributed by atoms with E-state index in [4.69, 9.17) is 0 Å². The minimum atomic E-state index is -0.525. The fourth-order valence-electron chi connectivity index (χ4n) is 2.11. The predicted octanol–water partition coefficient (Wildman–Crippen LogP) is 3.60. The molecule has 0 aliphatic rings. The van der Waals surface area contributed by atoms with Gasteiger partial charge in [0.1, 0.15) is 0 Å². The third kappa shape index (κ3) is 3.12. The molecule has 3 nitrogen and oxygen atoms in total. The molecule has 0 spiro atoms. The lowest BCUT2D eigenvalue weighted by atomic mass is 10.2. The van der Waals surface area contributed by atoms with Crippen molar-refractivity contribution >= 4 is 11.4 Å². The molecule has 1 aromatic carbocycles. The lowest BCUT2D eigenvalue weighted by Gasteiger charge is -2.23. The standard InChI is InChI=1S/C16H20N2O/c1-4-18(14-7-5-6-12(2)10-14)15-8-9-16(13(3)19)17-11-15/h5-11,13,19H,4H2,1-3H3. The van der Waals surface area contributed by atoms with E-state index >= 15 is 0 Å². The highest BCUT2D eigenvalue weighted by atomic mass is 16.3. The molecule has 1 atom stereocenters. The number of aliphatic hydroxyl groups is 1. The van der Waals surface area contributed by atoms with Gasteiger partial charge in [-0.05, 0) is 50.6 Å². The van der Waals surface area contributed by atoms with Gasteiger partial charge in [-0.2, -0.15) is 0 Å². The van der Waals surface area contributed by atoms with Crippen LogP contribution in [-0.2, 0) is 0 Å². The van der Waals surface area contributed by atoms with Gasteiger partial charge >= 0.3 is 0 Å². The molecule has 0 saturated carbocycles. The second-order valence-electron chi connectivity index (χ2n) is 4.70. The van der Waals surface area contributed by atoms with Crippen molar-refractivity contribution in [1.82, 2.24) is 4.98 Å². The Kier molecular flexibility index (Phi) is 4.17. The Morgan fingerprint density at radius 3 is 2.53 bits per heavy atom. The molecule has 1 heterocycles. The van der Waals surface area contributed by atoms with E-state index in [-0.39, 0.29) is 0 Å². The molecule has 0 saturated heterocycles. The van der Waals surface area contributed by atoms with Crippen LogP contribution in [0.4, 0.5) is 11.4 Å². The zero-order chi connectivity index (χ0) is 13.8. The van der Waals surface area contributed by atoms with Crippen LogP contribution in [0.5, 0.6) is 0 Å². The van der Waals surface area contributed by atoms with Crippen LogP contribution in [0.25, 0.3) is 0 Å². The Morgan fingerprint density at radius 2 is 2.00 bits per heavy atom. The summed E-state index contributed by atoms with van der Waals surface area (Å²) in [5.74, 6) is 0. The predicted molar refractivity (Wildman–Crippen MR) is 78.7 cm³/mol. The van der Waals surface area contributed by atoms with Crippen LogP contribution in [0.15, 0.2) is 42.6 Å². The van der Waals surface area contributed by atoms with Crippen molar-refractivity contribution in [1.29, 1.82) is 0 Å². The van der Waals surface area contributed by atoms with Gasteiger partial charge in [0.15, 0.2) is 0 Å². The summed E-state index contributed by atoms with van der Waals surface area (Å²) in [4.78, 5) is 6.50. The molecule has 0 fully saturated rings. The van der Waals surface area contributed by atoms with E-state index in [1.54, 1.807) is 6.92 Å². The van der Waals surface area contributed by atoms with E-state index in [1.165, 1.54) is 5.56 Å². The Balaban J connectivity index is 2.31. The lowest BCUT2D eigenvalue weighted by molar-refractivity contribution is 0.194. The summed E-state index contributed by atoms with van der Waals surface area (Å²) in [5.41, 5.74) is 4.14. The molecule has 0 radical (unpaired) electrons. The van der Waals surface area contributed by atoms with Crippen molar-refractivity contribution in [3.05, 3.63) is 53.9 Å². The zero-order valence-corrected chi connectivity index (χ0v) is 11.7. The van der Waals surface area contributed by atoms with Gasteiger partial charge in [-0.1, -0.05) is 12.1 Å². The maximum atomic E-state index is 9.49. The zero-order valence-electron chi connectivity index (χ0n) is 11.7. The molecular formula is C16H20N2O. The molecule has 0 bridgehead atoms. The topological polar surface area (TPSA) is 36.4 Å². The van der Waals surface area contributed by atoms with Crippen molar-refractivity contribution in [2.24, 2.45) is 0 Å². The summed E-state index contributed by atoms with van der Waals surface area (Å²) in [6.45, 7) is 6.80. The SMILES string of the molecule is CCN(c1ccc(C(C)O)nc1)c1cccc(C)c1. The van der Waals surface area contributed by atoms with Crippen LogP contribution in [0.3, 0.4) is 0 Å². The van der Waals surface area contributed by atoms with Gasteiger partial charge in [-0.15, -0.1) is 0 Å². The van der Waals surface area contributed by atoms with Crippen LogP contribution >= 0.6 is 0 Å². The van der Waals surface area contributed by atoms with Crippen molar-refractivity contribution in [2.75, 3.05) is 11.4 Å². The van der Waals surface area contributed by atoms with Crippen molar-refractivity contribution in [3.8, 4) is 0 Å². The number of hydrogen-bond donors (Lipinski definition) is 1. The number of hydrogen-bond acceptors (Lipinski definition) is 3. The Bertz CT molecular complexity index is 535. The second kappa shape index (κ2) is 5.85. The van der Waals surface area contributed by atoms with Crippen LogP contribution < -0.4 is 4.90 Å². The normalized spacial score (nSPS) is 12.2. The average Bonchev–Trinajstić information content (AvgIpc) is 2.40. The summed E-state index contributed by atoms with van der Waals surface area (Å²) in [7, 11) is 0. The van der Waals surface area contributed by atoms with E-state index in [0.717, 1.165) is 17.9 Å². The first kappa shape index (κ1) is 13.6. The van der Waals surface area contributed by atoms with Crippen LogP contribution in [0.2, 0.25) is 0 Å².